The van der Waals surface area contributed by atoms with Crippen LogP contribution in [0, 0.1) is 10.1 Å². The second-order valence-electron chi connectivity index (χ2n) is 7.91. The molecule has 2 aromatic rings. The number of non-ortho nitro benzene ring substituents is 1. The second-order valence-corrected chi connectivity index (χ2v) is 7.91. The van der Waals surface area contributed by atoms with Crippen LogP contribution in [0.2, 0.25) is 0 Å². The first kappa shape index (κ1) is 21.1. The van der Waals surface area contributed by atoms with Crippen molar-refractivity contribution in [3.05, 3.63) is 69.8 Å². The highest BCUT2D eigenvalue weighted by Crippen LogP contribution is 2.45. The van der Waals surface area contributed by atoms with Gasteiger partial charge in [-0.3, -0.25) is 19.7 Å². The fourth-order valence-corrected chi connectivity index (χ4v) is 3.19. The fraction of sp³-hybridized carbons (Fsp3) is 0.286. The Labute approximate surface area is 172 Å². The molecule has 0 spiro atoms. The van der Waals surface area contributed by atoms with E-state index in [0.29, 0.717) is 4.90 Å². The fourth-order valence-electron chi connectivity index (χ4n) is 3.19. The van der Waals surface area contributed by atoms with E-state index in [-0.39, 0.29) is 16.8 Å². The van der Waals surface area contributed by atoms with Crippen LogP contribution in [0.5, 0.6) is 0 Å². The van der Waals surface area contributed by atoms with Gasteiger partial charge < -0.3 is 9.84 Å². The zero-order valence-corrected chi connectivity index (χ0v) is 16.6. The number of fused-ring (bicyclic) bond motifs is 1. The summed E-state index contributed by atoms with van der Waals surface area (Å²) in [5, 5.41) is 22.4. The van der Waals surface area contributed by atoms with E-state index in [4.69, 9.17) is 4.74 Å². The second kappa shape index (κ2) is 7.34. The molecule has 1 aliphatic rings. The zero-order valence-electron chi connectivity index (χ0n) is 16.6. The minimum Gasteiger partial charge on any atom is -0.443 e. The lowest BCUT2D eigenvalue weighted by molar-refractivity contribution is -0.385. The molecule has 30 heavy (non-hydrogen) atoms. The maximum Gasteiger partial charge on any atom is 0.421 e. The summed E-state index contributed by atoms with van der Waals surface area (Å²) in [4.78, 5) is 49.6. The van der Waals surface area contributed by atoms with E-state index in [2.05, 4.69) is 0 Å². The van der Waals surface area contributed by atoms with E-state index in [1.807, 2.05) is 0 Å². The van der Waals surface area contributed by atoms with Gasteiger partial charge in [-0.2, -0.15) is 0 Å². The van der Waals surface area contributed by atoms with E-state index in [9.17, 15) is 29.6 Å². The molecule has 1 N–H and O–H groups in total. The lowest BCUT2D eigenvalue weighted by Crippen LogP contribution is -2.46. The van der Waals surface area contributed by atoms with Gasteiger partial charge in [-0.25, -0.2) is 9.69 Å². The third kappa shape index (κ3) is 3.79. The third-order valence-electron chi connectivity index (χ3n) is 4.52. The summed E-state index contributed by atoms with van der Waals surface area (Å²) in [7, 11) is 0. The first-order valence-corrected chi connectivity index (χ1v) is 9.11. The highest BCUT2D eigenvalue weighted by Gasteiger charge is 2.54. The SMILES string of the molecule is CC(C)(C)OC(=O)N1C(=O)[C@@](O)(CC(=O)c2ccccc2)c2cc([N+](=O)[O-])ccc21. The Morgan fingerprint density at radius 1 is 1.17 bits per heavy atom. The lowest BCUT2D eigenvalue weighted by Gasteiger charge is -2.25. The van der Waals surface area contributed by atoms with Crippen molar-refractivity contribution >= 4 is 29.2 Å². The molecule has 1 heterocycles. The number of hydrogen-bond acceptors (Lipinski definition) is 7. The molecule has 0 unspecified atom stereocenters. The number of ketones is 1. The lowest BCUT2D eigenvalue weighted by atomic mass is 9.88. The topological polar surface area (TPSA) is 127 Å². The number of ether oxygens (including phenoxy) is 1. The molecule has 0 bridgehead atoms. The van der Waals surface area contributed by atoms with Crippen LogP contribution in [0.15, 0.2) is 48.5 Å². The summed E-state index contributed by atoms with van der Waals surface area (Å²) >= 11 is 0. The van der Waals surface area contributed by atoms with E-state index < -0.39 is 46.0 Å². The van der Waals surface area contributed by atoms with Crippen molar-refractivity contribution < 1.29 is 29.2 Å². The summed E-state index contributed by atoms with van der Waals surface area (Å²) in [5.74, 6) is -1.66. The molecule has 1 atom stereocenters. The summed E-state index contributed by atoms with van der Waals surface area (Å²) < 4.78 is 5.25. The van der Waals surface area contributed by atoms with Crippen molar-refractivity contribution in [3.8, 4) is 0 Å². The number of hydrogen-bond donors (Lipinski definition) is 1. The normalized spacial score (nSPS) is 18.1. The molecule has 0 aliphatic carbocycles. The van der Waals surface area contributed by atoms with Crippen LogP contribution in [0.25, 0.3) is 0 Å². The number of carbonyl (C=O) groups is 3. The van der Waals surface area contributed by atoms with Crippen LogP contribution in [0.3, 0.4) is 0 Å². The minimum atomic E-state index is -2.45. The number of Topliss-reactive ketones (excluding diaryl/α,β-unsaturated/α-hetero) is 1. The highest BCUT2D eigenvalue weighted by molar-refractivity contribution is 6.21. The molecule has 2 aromatic carbocycles. The van der Waals surface area contributed by atoms with Crippen molar-refractivity contribution in [2.75, 3.05) is 4.90 Å². The average molecular weight is 412 g/mol. The monoisotopic (exact) mass is 412 g/mol. The van der Waals surface area contributed by atoms with E-state index >= 15 is 0 Å². The molecule has 9 nitrogen and oxygen atoms in total. The van der Waals surface area contributed by atoms with Gasteiger partial charge in [0.15, 0.2) is 11.4 Å². The Morgan fingerprint density at radius 2 is 1.80 bits per heavy atom. The van der Waals surface area contributed by atoms with Crippen LogP contribution >= 0.6 is 0 Å². The number of amides is 2. The maximum atomic E-state index is 13.1. The smallest absolute Gasteiger partial charge is 0.421 e. The van der Waals surface area contributed by atoms with E-state index in [0.717, 1.165) is 12.1 Å². The number of benzene rings is 2. The van der Waals surface area contributed by atoms with Gasteiger partial charge in [-0.05, 0) is 26.8 Å². The standard InChI is InChI=1S/C21H20N2O7/c1-20(2,3)30-19(26)22-16-10-9-14(23(28)29)11-15(16)21(27,18(22)25)12-17(24)13-7-5-4-6-8-13/h4-11,27H,12H2,1-3H3/t21-/m1/s1. The van der Waals surface area contributed by atoms with Crippen LogP contribution in [0.4, 0.5) is 16.2 Å². The van der Waals surface area contributed by atoms with Crippen molar-refractivity contribution in [1.29, 1.82) is 0 Å². The largest absolute Gasteiger partial charge is 0.443 e. The zero-order chi connectivity index (χ0) is 22.3. The number of aliphatic hydroxyl groups is 1. The Hall–Kier alpha value is -3.59. The number of nitro benzene ring substituents is 1. The Morgan fingerprint density at radius 3 is 2.37 bits per heavy atom. The number of nitrogens with zero attached hydrogens (tertiary/aromatic N) is 2. The average Bonchev–Trinajstić information content (AvgIpc) is 2.88. The third-order valence-corrected chi connectivity index (χ3v) is 4.52. The molecular weight excluding hydrogens is 392 g/mol. The molecule has 0 saturated carbocycles. The van der Waals surface area contributed by atoms with Gasteiger partial charge >= 0.3 is 6.09 Å². The first-order chi connectivity index (χ1) is 13.9. The summed E-state index contributed by atoms with van der Waals surface area (Å²) in [6.45, 7) is 4.81. The summed E-state index contributed by atoms with van der Waals surface area (Å²) in [6, 6.07) is 11.3. The van der Waals surface area contributed by atoms with Crippen LogP contribution in [-0.2, 0) is 15.1 Å². The van der Waals surface area contributed by atoms with Gasteiger partial charge in [0.2, 0.25) is 0 Å². The predicted molar refractivity (Wildman–Crippen MR) is 106 cm³/mol. The minimum absolute atomic E-state index is 0.0665. The number of nitro groups is 1. The molecular formula is C21H20N2O7. The first-order valence-electron chi connectivity index (χ1n) is 9.11. The molecule has 3 rings (SSSR count). The molecule has 2 amide bonds. The Bertz CT molecular complexity index is 1040. The van der Waals surface area contributed by atoms with Crippen molar-refractivity contribution in [3.63, 3.8) is 0 Å². The maximum absolute atomic E-state index is 13.1. The van der Waals surface area contributed by atoms with Gasteiger partial charge in [0.1, 0.15) is 5.60 Å². The number of anilines is 1. The van der Waals surface area contributed by atoms with Gasteiger partial charge in [0.05, 0.1) is 17.0 Å². The number of carbonyl (C=O) groups excluding carboxylic acids is 3. The highest BCUT2D eigenvalue weighted by atomic mass is 16.6. The Kier molecular flexibility index (Phi) is 5.17. The molecule has 0 aromatic heterocycles. The molecule has 0 radical (unpaired) electrons. The van der Waals surface area contributed by atoms with Crippen molar-refractivity contribution in [2.24, 2.45) is 0 Å². The molecule has 0 saturated heterocycles. The molecule has 1 aliphatic heterocycles. The van der Waals surface area contributed by atoms with E-state index in [1.165, 1.54) is 18.2 Å². The van der Waals surface area contributed by atoms with Crippen LogP contribution < -0.4 is 4.90 Å². The van der Waals surface area contributed by atoms with Gasteiger partial charge in [0, 0.05) is 23.3 Å². The molecule has 0 fully saturated rings. The summed E-state index contributed by atoms with van der Waals surface area (Å²) in [5.41, 5.74) is -3.79. The van der Waals surface area contributed by atoms with Crippen molar-refractivity contribution in [1.82, 2.24) is 0 Å². The van der Waals surface area contributed by atoms with Crippen molar-refractivity contribution in [2.45, 2.75) is 38.4 Å². The summed E-state index contributed by atoms with van der Waals surface area (Å²) in [6.07, 6.45) is -1.74. The van der Waals surface area contributed by atoms with E-state index in [1.54, 1.807) is 39.0 Å². The van der Waals surface area contributed by atoms with Gasteiger partial charge in [-0.15, -0.1) is 0 Å². The van der Waals surface area contributed by atoms with Gasteiger partial charge in [0.25, 0.3) is 11.6 Å². The Balaban J connectivity index is 2.08. The number of imide groups is 1. The quantitative estimate of drug-likeness (QED) is 0.463. The molecule has 9 heteroatoms. The van der Waals surface area contributed by atoms with Crippen LogP contribution in [0.1, 0.15) is 43.1 Å². The number of rotatable bonds is 4. The molecule has 156 valence electrons. The predicted octanol–water partition coefficient (Wildman–Crippen LogP) is 3.34. The van der Waals surface area contributed by atoms with Crippen LogP contribution in [-0.4, -0.2) is 33.4 Å². The van der Waals surface area contributed by atoms with Gasteiger partial charge in [-0.1, -0.05) is 30.3 Å².